The Balaban J connectivity index is 1.57. The Bertz CT molecular complexity index is 710. The maximum atomic E-state index is 9.86. The van der Waals surface area contributed by atoms with Gasteiger partial charge in [0.1, 0.15) is 18.0 Å². The number of rotatable bonds is 7. The summed E-state index contributed by atoms with van der Waals surface area (Å²) >= 11 is 0. The first kappa shape index (κ1) is 17.3. The lowest BCUT2D eigenvalue weighted by atomic mass is 10.2. The molecule has 0 spiro atoms. The monoisotopic (exact) mass is 343 g/mol. The van der Waals surface area contributed by atoms with Crippen molar-refractivity contribution in [2.45, 2.75) is 25.4 Å². The maximum Gasteiger partial charge on any atom is 0.160 e. The van der Waals surface area contributed by atoms with E-state index in [-0.39, 0.29) is 5.75 Å². The Morgan fingerprint density at radius 1 is 1.32 bits per heavy atom. The molecule has 1 aliphatic rings. The zero-order valence-electron chi connectivity index (χ0n) is 14.7. The standard InChI is InChI=1S/C18H25N5O2/c1-19-17-9-18(22-12-21-17)23-7-3-4-14(23)11-20-10-13-5-6-16(25-2)15(24)8-13/h5-6,8-9,12,14,20,24H,3-4,7,10-11H2,1-2H3,(H,19,21,22). The number of anilines is 2. The van der Waals surface area contributed by atoms with Gasteiger partial charge < -0.3 is 25.4 Å². The van der Waals surface area contributed by atoms with E-state index < -0.39 is 0 Å². The molecule has 1 saturated heterocycles. The molecule has 25 heavy (non-hydrogen) atoms. The van der Waals surface area contributed by atoms with Gasteiger partial charge >= 0.3 is 0 Å². The zero-order chi connectivity index (χ0) is 17.6. The average molecular weight is 343 g/mol. The normalized spacial score (nSPS) is 16.9. The van der Waals surface area contributed by atoms with Crippen LogP contribution in [0.4, 0.5) is 11.6 Å². The number of aromatic hydroxyl groups is 1. The number of nitrogens with one attached hydrogen (secondary N) is 2. The Labute approximate surface area is 148 Å². The lowest BCUT2D eigenvalue weighted by molar-refractivity contribution is 0.373. The zero-order valence-corrected chi connectivity index (χ0v) is 14.7. The fourth-order valence-corrected chi connectivity index (χ4v) is 3.22. The number of hydrogen-bond acceptors (Lipinski definition) is 7. The van der Waals surface area contributed by atoms with Gasteiger partial charge in [0.25, 0.3) is 0 Å². The molecule has 3 rings (SSSR count). The van der Waals surface area contributed by atoms with E-state index in [1.54, 1.807) is 25.6 Å². The van der Waals surface area contributed by atoms with Crippen molar-refractivity contribution in [3.63, 3.8) is 0 Å². The quantitative estimate of drug-likeness (QED) is 0.709. The molecule has 7 nitrogen and oxygen atoms in total. The number of ether oxygens (including phenoxy) is 1. The predicted molar refractivity (Wildman–Crippen MR) is 98.3 cm³/mol. The van der Waals surface area contributed by atoms with Crippen LogP contribution in [0.15, 0.2) is 30.6 Å². The third kappa shape index (κ3) is 4.11. The van der Waals surface area contributed by atoms with E-state index in [9.17, 15) is 5.11 Å². The fraction of sp³-hybridized carbons (Fsp3) is 0.444. The van der Waals surface area contributed by atoms with Crippen molar-refractivity contribution in [3.05, 3.63) is 36.2 Å². The van der Waals surface area contributed by atoms with Crippen LogP contribution in [-0.4, -0.2) is 48.4 Å². The molecule has 3 N–H and O–H groups in total. The minimum Gasteiger partial charge on any atom is -0.504 e. The van der Waals surface area contributed by atoms with Gasteiger partial charge in [-0.3, -0.25) is 0 Å². The van der Waals surface area contributed by atoms with Gasteiger partial charge in [0.2, 0.25) is 0 Å². The topological polar surface area (TPSA) is 82.5 Å². The second kappa shape index (κ2) is 8.02. The molecule has 1 atom stereocenters. The van der Waals surface area contributed by atoms with Gasteiger partial charge in [0.15, 0.2) is 11.5 Å². The molecule has 1 fully saturated rings. The van der Waals surface area contributed by atoms with Gasteiger partial charge in [0.05, 0.1) is 7.11 Å². The van der Waals surface area contributed by atoms with E-state index in [1.807, 2.05) is 19.2 Å². The number of hydrogen-bond donors (Lipinski definition) is 3. The molecule has 0 aliphatic carbocycles. The summed E-state index contributed by atoms with van der Waals surface area (Å²) < 4.78 is 5.07. The Morgan fingerprint density at radius 3 is 2.96 bits per heavy atom. The van der Waals surface area contributed by atoms with Crippen molar-refractivity contribution in [1.82, 2.24) is 15.3 Å². The average Bonchev–Trinajstić information content (AvgIpc) is 3.10. The van der Waals surface area contributed by atoms with Crippen molar-refractivity contribution in [2.24, 2.45) is 0 Å². The Kier molecular flexibility index (Phi) is 5.55. The highest BCUT2D eigenvalue weighted by atomic mass is 16.5. The molecule has 1 aromatic carbocycles. The van der Waals surface area contributed by atoms with Crippen LogP contribution in [0.3, 0.4) is 0 Å². The summed E-state index contributed by atoms with van der Waals surface area (Å²) in [7, 11) is 3.41. The first-order chi connectivity index (χ1) is 12.2. The van der Waals surface area contributed by atoms with E-state index in [1.165, 1.54) is 0 Å². The minimum absolute atomic E-state index is 0.171. The largest absolute Gasteiger partial charge is 0.504 e. The molecule has 2 heterocycles. The number of phenolic OH excluding ortho intramolecular Hbond substituents is 1. The van der Waals surface area contributed by atoms with E-state index in [2.05, 4.69) is 25.5 Å². The van der Waals surface area contributed by atoms with E-state index in [0.29, 0.717) is 18.3 Å². The summed E-state index contributed by atoms with van der Waals surface area (Å²) in [6.45, 7) is 2.58. The van der Waals surface area contributed by atoms with E-state index in [0.717, 1.165) is 43.1 Å². The highest BCUT2D eigenvalue weighted by molar-refractivity contribution is 5.49. The molecule has 2 aromatic rings. The molecule has 0 saturated carbocycles. The first-order valence-electron chi connectivity index (χ1n) is 8.54. The molecular formula is C18H25N5O2. The van der Waals surface area contributed by atoms with Crippen LogP contribution < -0.4 is 20.3 Å². The lowest BCUT2D eigenvalue weighted by Crippen LogP contribution is -2.38. The Hall–Kier alpha value is -2.54. The van der Waals surface area contributed by atoms with Crippen LogP contribution in [0, 0.1) is 0 Å². The highest BCUT2D eigenvalue weighted by Crippen LogP contribution is 2.27. The number of nitrogens with zero attached hydrogens (tertiary/aromatic N) is 3. The van der Waals surface area contributed by atoms with E-state index in [4.69, 9.17) is 4.74 Å². The Morgan fingerprint density at radius 2 is 2.20 bits per heavy atom. The number of aromatic nitrogens is 2. The van der Waals surface area contributed by atoms with Crippen LogP contribution in [0.2, 0.25) is 0 Å². The van der Waals surface area contributed by atoms with E-state index >= 15 is 0 Å². The predicted octanol–water partition coefficient (Wildman–Crippen LogP) is 1.99. The molecule has 0 bridgehead atoms. The molecule has 7 heteroatoms. The molecule has 0 radical (unpaired) electrons. The third-order valence-electron chi connectivity index (χ3n) is 4.53. The van der Waals surface area contributed by atoms with Gasteiger partial charge in [-0.15, -0.1) is 0 Å². The molecule has 134 valence electrons. The summed E-state index contributed by atoms with van der Waals surface area (Å²) in [5.41, 5.74) is 1.03. The van der Waals surface area contributed by atoms with Crippen LogP contribution in [0.1, 0.15) is 18.4 Å². The number of phenols is 1. The molecular weight excluding hydrogens is 318 g/mol. The first-order valence-corrected chi connectivity index (χ1v) is 8.54. The molecule has 1 unspecified atom stereocenters. The maximum absolute atomic E-state index is 9.86. The third-order valence-corrected chi connectivity index (χ3v) is 4.53. The van der Waals surface area contributed by atoms with Gasteiger partial charge in [-0.2, -0.15) is 0 Å². The van der Waals surface area contributed by atoms with Crippen LogP contribution >= 0.6 is 0 Å². The summed E-state index contributed by atoms with van der Waals surface area (Å²) in [5, 5.41) is 16.4. The van der Waals surface area contributed by atoms with Crippen molar-refractivity contribution < 1.29 is 9.84 Å². The van der Waals surface area contributed by atoms with Gasteiger partial charge in [-0.25, -0.2) is 9.97 Å². The summed E-state index contributed by atoms with van der Waals surface area (Å²) in [4.78, 5) is 10.9. The highest BCUT2D eigenvalue weighted by Gasteiger charge is 2.25. The van der Waals surface area contributed by atoms with Crippen molar-refractivity contribution in [2.75, 3.05) is 37.5 Å². The van der Waals surface area contributed by atoms with Gasteiger partial charge in [-0.05, 0) is 30.5 Å². The van der Waals surface area contributed by atoms with Gasteiger partial charge in [-0.1, -0.05) is 6.07 Å². The number of benzene rings is 1. The smallest absolute Gasteiger partial charge is 0.160 e. The summed E-state index contributed by atoms with van der Waals surface area (Å²) in [5.74, 6) is 2.46. The van der Waals surface area contributed by atoms with Crippen molar-refractivity contribution in [3.8, 4) is 11.5 Å². The summed E-state index contributed by atoms with van der Waals surface area (Å²) in [6, 6.07) is 7.88. The van der Waals surface area contributed by atoms with Crippen molar-refractivity contribution in [1.29, 1.82) is 0 Å². The SMILES string of the molecule is CNc1cc(N2CCCC2CNCc2ccc(OC)c(O)c2)ncn1. The second-order valence-electron chi connectivity index (χ2n) is 6.14. The second-order valence-corrected chi connectivity index (χ2v) is 6.14. The molecule has 0 amide bonds. The minimum atomic E-state index is 0.171. The lowest BCUT2D eigenvalue weighted by Gasteiger charge is -2.26. The van der Waals surface area contributed by atoms with Gasteiger partial charge in [0, 0.05) is 38.8 Å². The van der Waals surface area contributed by atoms with Crippen LogP contribution in [0.25, 0.3) is 0 Å². The van der Waals surface area contributed by atoms with Crippen LogP contribution in [0.5, 0.6) is 11.5 Å². The van der Waals surface area contributed by atoms with Crippen molar-refractivity contribution >= 4 is 11.6 Å². The number of methoxy groups -OCH3 is 1. The molecule has 1 aliphatic heterocycles. The van der Waals surface area contributed by atoms with Crippen LogP contribution in [-0.2, 0) is 6.54 Å². The molecule has 1 aromatic heterocycles. The fourth-order valence-electron chi connectivity index (χ4n) is 3.22. The summed E-state index contributed by atoms with van der Waals surface area (Å²) in [6.07, 6.45) is 3.90.